The summed E-state index contributed by atoms with van der Waals surface area (Å²) in [5.74, 6) is -0.183. The second-order valence-corrected chi connectivity index (χ2v) is 4.11. The van der Waals surface area contributed by atoms with Gasteiger partial charge in [-0.25, -0.2) is 0 Å². The van der Waals surface area contributed by atoms with Crippen LogP contribution in [0.2, 0.25) is 0 Å². The predicted octanol–water partition coefficient (Wildman–Crippen LogP) is 2.91. The molecule has 0 radical (unpaired) electrons. The standard InChI is InChI=1S/C14H18O4/c1-11(15)12-7-4-5-8-13(12)18-10-6-2-3-9-14(16)17/h4-5,7-8H,2-3,6,9-10H2,1H3,(H,16,17). The van der Waals surface area contributed by atoms with Crippen LogP contribution in [0.3, 0.4) is 0 Å². The van der Waals surface area contributed by atoms with Crippen LogP contribution in [-0.2, 0) is 4.79 Å². The van der Waals surface area contributed by atoms with Crippen molar-refractivity contribution in [3.05, 3.63) is 29.8 Å². The Kier molecular flexibility index (Phi) is 5.91. The molecule has 0 aliphatic heterocycles. The lowest BCUT2D eigenvalue weighted by molar-refractivity contribution is -0.137. The largest absolute Gasteiger partial charge is 0.493 e. The van der Waals surface area contributed by atoms with Gasteiger partial charge < -0.3 is 9.84 Å². The molecular formula is C14H18O4. The van der Waals surface area contributed by atoms with Crippen LogP contribution in [-0.4, -0.2) is 23.5 Å². The van der Waals surface area contributed by atoms with Gasteiger partial charge in [-0.05, 0) is 38.3 Å². The second-order valence-electron chi connectivity index (χ2n) is 4.11. The average molecular weight is 250 g/mol. The van der Waals surface area contributed by atoms with Crippen molar-refractivity contribution in [3.63, 3.8) is 0 Å². The van der Waals surface area contributed by atoms with E-state index in [2.05, 4.69) is 0 Å². The minimum atomic E-state index is -0.766. The molecule has 0 spiro atoms. The predicted molar refractivity (Wildman–Crippen MR) is 68.0 cm³/mol. The van der Waals surface area contributed by atoms with Crippen molar-refractivity contribution in [1.82, 2.24) is 0 Å². The van der Waals surface area contributed by atoms with Gasteiger partial charge in [0.15, 0.2) is 5.78 Å². The third-order valence-corrected chi connectivity index (χ3v) is 2.56. The molecule has 98 valence electrons. The Morgan fingerprint density at radius 2 is 1.89 bits per heavy atom. The van der Waals surface area contributed by atoms with Crippen molar-refractivity contribution in [2.75, 3.05) is 6.61 Å². The highest BCUT2D eigenvalue weighted by Crippen LogP contribution is 2.18. The summed E-state index contributed by atoms with van der Waals surface area (Å²) in [7, 11) is 0. The lowest BCUT2D eigenvalue weighted by Crippen LogP contribution is -2.03. The van der Waals surface area contributed by atoms with Crippen LogP contribution in [0.25, 0.3) is 0 Å². The molecule has 0 unspecified atom stereocenters. The van der Waals surface area contributed by atoms with Gasteiger partial charge in [-0.3, -0.25) is 9.59 Å². The molecule has 0 fully saturated rings. The van der Waals surface area contributed by atoms with Gasteiger partial charge in [0.1, 0.15) is 5.75 Å². The van der Waals surface area contributed by atoms with E-state index < -0.39 is 5.97 Å². The Balaban J connectivity index is 2.31. The van der Waals surface area contributed by atoms with E-state index in [0.29, 0.717) is 24.3 Å². The first kappa shape index (κ1) is 14.2. The van der Waals surface area contributed by atoms with Crippen molar-refractivity contribution in [1.29, 1.82) is 0 Å². The molecule has 0 aromatic heterocycles. The molecule has 0 saturated heterocycles. The zero-order chi connectivity index (χ0) is 13.4. The average Bonchev–Trinajstić information content (AvgIpc) is 2.33. The van der Waals surface area contributed by atoms with E-state index in [4.69, 9.17) is 9.84 Å². The molecule has 0 atom stereocenters. The van der Waals surface area contributed by atoms with Gasteiger partial charge in [0.05, 0.1) is 12.2 Å². The van der Waals surface area contributed by atoms with Crippen molar-refractivity contribution >= 4 is 11.8 Å². The number of rotatable bonds is 8. The number of para-hydroxylation sites is 1. The highest BCUT2D eigenvalue weighted by Gasteiger charge is 2.06. The Morgan fingerprint density at radius 3 is 2.56 bits per heavy atom. The Labute approximate surface area is 107 Å². The lowest BCUT2D eigenvalue weighted by atomic mass is 10.1. The topological polar surface area (TPSA) is 63.6 Å². The van der Waals surface area contributed by atoms with Crippen LogP contribution in [0.15, 0.2) is 24.3 Å². The fourth-order valence-electron chi connectivity index (χ4n) is 1.62. The van der Waals surface area contributed by atoms with Crippen LogP contribution in [0, 0.1) is 0 Å². The van der Waals surface area contributed by atoms with Crippen LogP contribution < -0.4 is 4.74 Å². The van der Waals surface area contributed by atoms with Crippen LogP contribution in [0.5, 0.6) is 5.75 Å². The second kappa shape index (κ2) is 7.48. The lowest BCUT2D eigenvalue weighted by Gasteiger charge is -2.09. The smallest absolute Gasteiger partial charge is 0.303 e. The van der Waals surface area contributed by atoms with Crippen molar-refractivity contribution < 1.29 is 19.4 Å². The van der Waals surface area contributed by atoms with Gasteiger partial charge >= 0.3 is 5.97 Å². The summed E-state index contributed by atoms with van der Waals surface area (Å²) in [6.07, 6.45) is 2.46. The van der Waals surface area contributed by atoms with E-state index in [-0.39, 0.29) is 12.2 Å². The normalized spacial score (nSPS) is 10.1. The fourth-order valence-corrected chi connectivity index (χ4v) is 1.62. The molecule has 4 heteroatoms. The fraction of sp³-hybridized carbons (Fsp3) is 0.429. The summed E-state index contributed by atoms with van der Waals surface area (Å²) in [5.41, 5.74) is 0.586. The highest BCUT2D eigenvalue weighted by molar-refractivity contribution is 5.96. The summed E-state index contributed by atoms with van der Waals surface area (Å²) >= 11 is 0. The number of ketones is 1. The molecule has 1 aromatic carbocycles. The molecule has 0 heterocycles. The van der Waals surface area contributed by atoms with Gasteiger partial charge in [0, 0.05) is 6.42 Å². The zero-order valence-electron chi connectivity index (χ0n) is 10.5. The van der Waals surface area contributed by atoms with Crippen molar-refractivity contribution in [3.8, 4) is 5.75 Å². The number of unbranched alkanes of at least 4 members (excludes halogenated alkanes) is 2. The number of carboxylic acid groups (broad SMARTS) is 1. The Morgan fingerprint density at radius 1 is 1.17 bits per heavy atom. The van der Waals surface area contributed by atoms with Gasteiger partial charge in [-0.1, -0.05) is 12.1 Å². The number of ether oxygens (including phenoxy) is 1. The first-order chi connectivity index (χ1) is 8.61. The van der Waals surface area contributed by atoms with E-state index in [0.717, 1.165) is 12.8 Å². The summed E-state index contributed by atoms with van der Waals surface area (Å²) in [5, 5.41) is 8.48. The maximum absolute atomic E-state index is 11.3. The molecular weight excluding hydrogens is 232 g/mol. The van der Waals surface area contributed by atoms with Crippen LogP contribution in [0.4, 0.5) is 0 Å². The number of hydrogen-bond donors (Lipinski definition) is 1. The molecule has 1 rings (SSSR count). The van der Waals surface area contributed by atoms with E-state index in [1.807, 2.05) is 6.07 Å². The zero-order valence-corrected chi connectivity index (χ0v) is 10.5. The molecule has 0 aliphatic carbocycles. The molecule has 0 aliphatic rings. The summed E-state index contributed by atoms with van der Waals surface area (Å²) in [6, 6.07) is 7.14. The molecule has 0 bridgehead atoms. The third kappa shape index (κ3) is 4.99. The molecule has 0 amide bonds. The van der Waals surface area contributed by atoms with Crippen molar-refractivity contribution in [2.24, 2.45) is 0 Å². The van der Waals surface area contributed by atoms with E-state index in [9.17, 15) is 9.59 Å². The number of Topliss-reactive ketones (excluding diaryl/α,β-unsaturated/α-hetero) is 1. The molecule has 4 nitrogen and oxygen atoms in total. The molecule has 18 heavy (non-hydrogen) atoms. The summed E-state index contributed by atoms with van der Waals surface area (Å²) < 4.78 is 5.54. The molecule has 1 N–H and O–H groups in total. The maximum atomic E-state index is 11.3. The minimum Gasteiger partial charge on any atom is -0.493 e. The van der Waals surface area contributed by atoms with E-state index in [1.165, 1.54) is 6.92 Å². The summed E-state index contributed by atoms with van der Waals surface area (Å²) in [6.45, 7) is 2.01. The third-order valence-electron chi connectivity index (χ3n) is 2.56. The number of carboxylic acids is 1. The number of carbonyl (C=O) groups is 2. The number of carbonyl (C=O) groups excluding carboxylic acids is 1. The van der Waals surface area contributed by atoms with Gasteiger partial charge in [-0.2, -0.15) is 0 Å². The quantitative estimate of drug-likeness (QED) is 0.569. The summed E-state index contributed by atoms with van der Waals surface area (Å²) in [4.78, 5) is 21.6. The first-order valence-electron chi connectivity index (χ1n) is 6.06. The van der Waals surface area contributed by atoms with Gasteiger partial charge in [0.2, 0.25) is 0 Å². The SMILES string of the molecule is CC(=O)c1ccccc1OCCCCCC(=O)O. The molecule has 1 aromatic rings. The van der Waals surface area contributed by atoms with E-state index in [1.54, 1.807) is 18.2 Å². The van der Waals surface area contributed by atoms with E-state index >= 15 is 0 Å². The number of hydrogen-bond acceptors (Lipinski definition) is 3. The Bertz CT molecular complexity index is 412. The molecule has 0 saturated carbocycles. The monoisotopic (exact) mass is 250 g/mol. The minimum absolute atomic E-state index is 0.0172. The van der Waals surface area contributed by atoms with Gasteiger partial charge in [-0.15, -0.1) is 0 Å². The van der Waals surface area contributed by atoms with Gasteiger partial charge in [0.25, 0.3) is 0 Å². The Hall–Kier alpha value is -1.84. The number of benzene rings is 1. The maximum Gasteiger partial charge on any atom is 0.303 e. The van der Waals surface area contributed by atoms with Crippen LogP contribution in [0.1, 0.15) is 43.0 Å². The van der Waals surface area contributed by atoms with Crippen LogP contribution >= 0.6 is 0 Å². The van der Waals surface area contributed by atoms with Crippen molar-refractivity contribution in [2.45, 2.75) is 32.6 Å². The number of aliphatic carboxylic acids is 1. The first-order valence-corrected chi connectivity index (χ1v) is 6.06. The highest BCUT2D eigenvalue weighted by atomic mass is 16.5.